The van der Waals surface area contributed by atoms with E-state index >= 15 is 0 Å². The van der Waals surface area contributed by atoms with Crippen LogP contribution in [0.25, 0.3) is 5.78 Å². The van der Waals surface area contributed by atoms with Crippen LogP contribution in [0.2, 0.25) is 0 Å². The molecular weight excluding hydrogens is 320 g/mol. The monoisotopic (exact) mass is 338 g/mol. The zero-order valence-corrected chi connectivity index (χ0v) is 14.5. The Kier molecular flexibility index (Phi) is 4.31. The fourth-order valence-electron chi connectivity index (χ4n) is 2.88. The molecule has 7 nitrogen and oxygen atoms in total. The molecule has 0 fully saturated rings. The molecule has 128 valence electrons. The Morgan fingerprint density at radius 3 is 2.44 bits per heavy atom. The number of carbonyl (C=O) groups is 2. The van der Waals surface area contributed by atoms with Gasteiger partial charge in [-0.1, -0.05) is 17.7 Å². The summed E-state index contributed by atoms with van der Waals surface area (Å²) in [4.78, 5) is 32.6. The van der Waals surface area contributed by atoms with Crippen molar-refractivity contribution in [2.45, 2.75) is 27.7 Å². The van der Waals surface area contributed by atoms with E-state index in [0.29, 0.717) is 11.3 Å². The first-order valence-electron chi connectivity index (χ1n) is 7.83. The maximum Gasteiger partial charge on any atom is 0.378 e. The summed E-state index contributed by atoms with van der Waals surface area (Å²) in [7, 11) is 0. The highest BCUT2D eigenvalue weighted by Gasteiger charge is 2.19. The summed E-state index contributed by atoms with van der Waals surface area (Å²) < 4.78 is 6.55. The number of hydrogen-bond donors (Lipinski definition) is 0. The van der Waals surface area contributed by atoms with Crippen LogP contribution in [-0.2, 0) is 4.74 Å². The fraction of sp³-hybridized carbons (Fsp3) is 0.278. The number of Topliss-reactive ketones (excluding diaryl/α,β-unsaturated/α-hetero) is 1. The van der Waals surface area contributed by atoms with Gasteiger partial charge in [0.05, 0.1) is 0 Å². The number of nitrogens with zero attached hydrogens (tertiary/aromatic N) is 4. The van der Waals surface area contributed by atoms with E-state index in [2.05, 4.69) is 15.1 Å². The third-order valence-electron chi connectivity index (χ3n) is 3.90. The van der Waals surface area contributed by atoms with E-state index in [-0.39, 0.29) is 18.2 Å². The first-order chi connectivity index (χ1) is 11.9. The normalized spacial score (nSPS) is 10.9. The van der Waals surface area contributed by atoms with Crippen molar-refractivity contribution in [1.82, 2.24) is 19.6 Å². The topological polar surface area (TPSA) is 86.5 Å². The Morgan fingerprint density at radius 1 is 1.12 bits per heavy atom. The maximum atomic E-state index is 12.4. The zero-order valence-electron chi connectivity index (χ0n) is 14.5. The van der Waals surface area contributed by atoms with E-state index in [0.717, 1.165) is 22.4 Å². The van der Waals surface area contributed by atoms with Crippen LogP contribution in [0.4, 0.5) is 0 Å². The quantitative estimate of drug-likeness (QED) is 0.536. The Balaban J connectivity index is 1.75. The number of hydrogen-bond acceptors (Lipinski definition) is 6. The standard InChI is InChI=1S/C18H18N4O3/c1-10-7-11(2)15(12(3)8-10)14(23)9-25-17(24)16-20-18-19-6-5-13(4)22(18)21-16/h5-8H,9H2,1-4H3. The smallest absolute Gasteiger partial charge is 0.378 e. The van der Waals surface area contributed by atoms with Crippen molar-refractivity contribution in [3.63, 3.8) is 0 Å². The van der Waals surface area contributed by atoms with Crippen LogP contribution in [0.5, 0.6) is 0 Å². The number of esters is 1. The van der Waals surface area contributed by atoms with Gasteiger partial charge in [0, 0.05) is 17.5 Å². The van der Waals surface area contributed by atoms with Crippen LogP contribution < -0.4 is 0 Å². The molecule has 0 aliphatic heterocycles. The molecule has 0 aliphatic rings. The first kappa shape index (κ1) is 16.8. The second-order valence-electron chi connectivity index (χ2n) is 6.01. The maximum absolute atomic E-state index is 12.4. The van der Waals surface area contributed by atoms with Gasteiger partial charge in [0.2, 0.25) is 5.78 Å². The van der Waals surface area contributed by atoms with Crippen molar-refractivity contribution in [3.8, 4) is 0 Å². The van der Waals surface area contributed by atoms with Crippen molar-refractivity contribution in [2.75, 3.05) is 6.61 Å². The molecule has 0 unspecified atom stereocenters. The largest absolute Gasteiger partial charge is 0.451 e. The number of carbonyl (C=O) groups excluding carboxylic acids is 2. The second-order valence-corrected chi connectivity index (χ2v) is 6.01. The van der Waals surface area contributed by atoms with Crippen molar-refractivity contribution < 1.29 is 14.3 Å². The molecule has 2 heterocycles. The Hall–Kier alpha value is -3.09. The Bertz CT molecular complexity index is 968. The SMILES string of the molecule is Cc1cc(C)c(C(=O)COC(=O)c2nc3nccc(C)n3n2)c(C)c1. The van der Waals surface area contributed by atoms with E-state index < -0.39 is 5.97 Å². The minimum atomic E-state index is -0.749. The minimum absolute atomic E-state index is 0.119. The third-order valence-corrected chi connectivity index (χ3v) is 3.90. The molecule has 25 heavy (non-hydrogen) atoms. The molecule has 3 rings (SSSR count). The van der Waals surface area contributed by atoms with Gasteiger partial charge in [0.1, 0.15) is 0 Å². The summed E-state index contributed by atoms with van der Waals surface area (Å²) in [5, 5.41) is 4.07. The third kappa shape index (κ3) is 3.26. The predicted octanol–water partition coefficient (Wildman–Crippen LogP) is 2.40. The van der Waals surface area contributed by atoms with Gasteiger partial charge in [-0.05, 0) is 44.9 Å². The van der Waals surface area contributed by atoms with Crippen molar-refractivity contribution in [2.24, 2.45) is 0 Å². The highest BCUT2D eigenvalue weighted by Crippen LogP contribution is 2.17. The number of ether oxygens (including phenoxy) is 1. The first-order valence-corrected chi connectivity index (χ1v) is 7.83. The van der Waals surface area contributed by atoms with Gasteiger partial charge in [0.15, 0.2) is 6.61 Å². The minimum Gasteiger partial charge on any atom is -0.451 e. The number of benzene rings is 1. The lowest BCUT2D eigenvalue weighted by molar-refractivity contribution is 0.0462. The van der Waals surface area contributed by atoms with E-state index in [1.54, 1.807) is 12.3 Å². The summed E-state index contributed by atoms with van der Waals surface area (Å²) >= 11 is 0. The number of aromatic nitrogens is 4. The molecular formula is C18H18N4O3. The Morgan fingerprint density at radius 2 is 1.80 bits per heavy atom. The van der Waals surface area contributed by atoms with Crippen LogP contribution >= 0.6 is 0 Å². The number of ketones is 1. The van der Waals surface area contributed by atoms with Crippen LogP contribution in [-0.4, -0.2) is 37.9 Å². The zero-order chi connectivity index (χ0) is 18.1. The number of aryl methyl sites for hydroxylation is 4. The van der Waals surface area contributed by atoms with Gasteiger partial charge >= 0.3 is 5.97 Å². The van der Waals surface area contributed by atoms with Gasteiger partial charge in [-0.25, -0.2) is 14.3 Å². The fourth-order valence-corrected chi connectivity index (χ4v) is 2.88. The van der Waals surface area contributed by atoms with Crippen LogP contribution in [0, 0.1) is 27.7 Å². The van der Waals surface area contributed by atoms with E-state index in [1.807, 2.05) is 39.8 Å². The van der Waals surface area contributed by atoms with Gasteiger partial charge in [-0.2, -0.15) is 4.98 Å². The van der Waals surface area contributed by atoms with Gasteiger partial charge in [-0.3, -0.25) is 4.79 Å². The lowest BCUT2D eigenvalue weighted by Gasteiger charge is -2.10. The summed E-state index contributed by atoms with van der Waals surface area (Å²) in [5.74, 6) is -0.808. The highest BCUT2D eigenvalue weighted by atomic mass is 16.5. The average Bonchev–Trinajstić information content (AvgIpc) is 2.97. The molecule has 0 N–H and O–H groups in total. The van der Waals surface area contributed by atoms with E-state index in [1.165, 1.54) is 4.52 Å². The summed E-state index contributed by atoms with van der Waals surface area (Å²) in [6, 6.07) is 5.61. The molecule has 0 saturated heterocycles. The second kappa shape index (κ2) is 6.43. The predicted molar refractivity (Wildman–Crippen MR) is 90.8 cm³/mol. The molecule has 0 spiro atoms. The summed E-state index contributed by atoms with van der Waals surface area (Å²) in [6.07, 6.45) is 1.58. The average molecular weight is 338 g/mol. The van der Waals surface area contributed by atoms with Gasteiger partial charge in [-0.15, -0.1) is 5.10 Å². The van der Waals surface area contributed by atoms with Crippen molar-refractivity contribution >= 4 is 17.5 Å². The van der Waals surface area contributed by atoms with Crippen molar-refractivity contribution in [3.05, 3.63) is 58.2 Å². The van der Waals surface area contributed by atoms with E-state index in [9.17, 15) is 9.59 Å². The molecule has 7 heteroatoms. The highest BCUT2D eigenvalue weighted by molar-refractivity contribution is 6.01. The number of rotatable bonds is 4. The van der Waals surface area contributed by atoms with Crippen LogP contribution in [0.15, 0.2) is 24.4 Å². The molecule has 0 amide bonds. The van der Waals surface area contributed by atoms with Crippen LogP contribution in [0.1, 0.15) is 43.4 Å². The summed E-state index contributed by atoms with van der Waals surface area (Å²) in [5.41, 5.74) is 4.19. The van der Waals surface area contributed by atoms with E-state index in [4.69, 9.17) is 4.74 Å². The molecule has 3 aromatic rings. The molecule has 1 aromatic carbocycles. The molecule has 0 aliphatic carbocycles. The van der Waals surface area contributed by atoms with Gasteiger partial charge < -0.3 is 4.74 Å². The molecule has 0 radical (unpaired) electrons. The number of fused-ring (bicyclic) bond motifs is 1. The molecule has 0 bridgehead atoms. The lowest BCUT2D eigenvalue weighted by Crippen LogP contribution is -2.17. The van der Waals surface area contributed by atoms with Gasteiger partial charge in [0.25, 0.3) is 11.6 Å². The van der Waals surface area contributed by atoms with Crippen LogP contribution in [0.3, 0.4) is 0 Å². The lowest BCUT2D eigenvalue weighted by atomic mass is 9.97. The molecule has 2 aromatic heterocycles. The van der Waals surface area contributed by atoms with Crippen molar-refractivity contribution in [1.29, 1.82) is 0 Å². The summed E-state index contributed by atoms with van der Waals surface area (Å²) in [6.45, 7) is 7.18. The molecule has 0 saturated carbocycles. The Labute approximate surface area is 144 Å². The molecule has 0 atom stereocenters.